The topological polar surface area (TPSA) is 12.9 Å². The number of fused-ring (bicyclic) bond motifs is 1. The van der Waals surface area contributed by atoms with E-state index in [2.05, 4.69) is 17.9 Å². The Morgan fingerprint density at radius 2 is 1.65 bits per heavy atom. The molecule has 0 unspecified atom stereocenters. The van der Waals surface area contributed by atoms with Crippen LogP contribution in [0.25, 0.3) is 10.9 Å². The summed E-state index contributed by atoms with van der Waals surface area (Å²) in [5, 5.41) is 0.0507. The Balaban J connectivity index is 2.83. The van der Waals surface area contributed by atoms with Crippen molar-refractivity contribution < 1.29 is 26.3 Å². The third kappa shape index (κ3) is 3.04. The van der Waals surface area contributed by atoms with Crippen LogP contribution in [0.2, 0.25) is 0 Å². The Labute approximate surface area is 125 Å². The average molecular weight is 368 g/mol. The molecular formula is C11H4BrF6MgN. The molecule has 0 N–H and O–H groups in total. The van der Waals surface area contributed by atoms with Gasteiger partial charge in [0.1, 0.15) is 5.69 Å². The van der Waals surface area contributed by atoms with E-state index < -0.39 is 47.3 Å². The fraction of sp³-hybridized carbons (Fsp3) is 0.182. The van der Waals surface area contributed by atoms with E-state index in [0.29, 0.717) is 0 Å². The second-order valence-electron chi connectivity index (χ2n) is 4.00. The first-order valence-corrected chi connectivity index (χ1v) is 9.88. The van der Waals surface area contributed by atoms with Gasteiger partial charge in [-0.25, -0.2) is 4.98 Å². The molecule has 0 bridgehead atoms. The number of para-hydroxylation sites is 1. The molecule has 0 radical (unpaired) electrons. The summed E-state index contributed by atoms with van der Waals surface area (Å²) in [4.78, 5) is 3.24. The molecule has 0 amide bonds. The monoisotopic (exact) mass is 367 g/mol. The molecule has 0 atom stereocenters. The number of alkyl halides is 6. The largest absolute Gasteiger partial charge is 0.510 e. The number of rotatable bonds is 1. The van der Waals surface area contributed by atoms with Crippen molar-refractivity contribution in [3.63, 3.8) is 0 Å². The molecule has 2 rings (SSSR count). The molecule has 0 aliphatic heterocycles. The van der Waals surface area contributed by atoms with Crippen molar-refractivity contribution in [3.05, 3.63) is 35.5 Å². The molecule has 1 heterocycles. The fourth-order valence-electron chi connectivity index (χ4n) is 1.82. The van der Waals surface area contributed by atoms with Gasteiger partial charge in [-0.2, -0.15) is 26.3 Å². The Kier molecular flexibility index (Phi) is 4.23. The van der Waals surface area contributed by atoms with Gasteiger partial charge in [0.2, 0.25) is 0 Å². The van der Waals surface area contributed by atoms with Gasteiger partial charge in [0.15, 0.2) is 0 Å². The fourth-order valence-corrected chi connectivity index (χ4v) is 3.80. The van der Waals surface area contributed by atoms with Crippen LogP contribution in [0.1, 0.15) is 11.3 Å². The number of hydrogen-bond donors (Lipinski definition) is 0. The summed E-state index contributed by atoms with van der Waals surface area (Å²) in [6.45, 7) is 0. The number of pyridine rings is 1. The number of hydrogen-bond acceptors (Lipinski definition) is 1. The maximum atomic E-state index is 12.8. The average Bonchev–Trinajstić information content (AvgIpc) is 2.34. The van der Waals surface area contributed by atoms with Crippen LogP contribution >= 0.6 is 12.9 Å². The highest BCUT2D eigenvalue weighted by atomic mass is 79.9. The zero-order valence-corrected chi connectivity index (χ0v) is 12.6. The zero-order valence-electron chi connectivity index (χ0n) is 9.61. The summed E-state index contributed by atoms with van der Waals surface area (Å²) in [5.41, 5.74) is -3.08. The predicted molar refractivity (Wildman–Crippen MR) is 66.1 cm³/mol. The van der Waals surface area contributed by atoms with Gasteiger partial charge in [0.05, 0.1) is 11.1 Å². The summed E-state index contributed by atoms with van der Waals surface area (Å²) in [6, 6.07) is 4.32. The van der Waals surface area contributed by atoms with Crippen LogP contribution in [-0.4, -0.2) is 23.2 Å². The van der Waals surface area contributed by atoms with Crippen molar-refractivity contribution in [3.8, 4) is 0 Å². The Hall–Kier alpha value is -0.544. The minimum atomic E-state index is -4.77. The third-order valence-corrected chi connectivity index (χ3v) is 5.28. The van der Waals surface area contributed by atoms with Crippen LogP contribution in [0.3, 0.4) is 0 Å². The van der Waals surface area contributed by atoms with Gasteiger partial charge in [0, 0.05) is 0 Å². The van der Waals surface area contributed by atoms with Crippen molar-refractivity contribution in [1.29, 1.82) is 0 Å². The maximum Gasteiger partial charge on any atom is 0.510 e. The summed E-state index contributed by atoms with van der Waals surface area (Å²) in [6.07, 6.45) is -9.52. The van der Waals surface area contributed by atoms with Crippen molar-refractivity contribution in [2.75, 3.05) is 0 Å². The molecule has 0 saturated carbocycles. The van der Waals surface area contributed by atoms with Crippen LogP contribution in [0.5, 0.6) is 0 Å². The third-order valence-electron chi connectivity index (χ3n) is 2.64. The predicted octanol–water partition coefficient (Wildman–Crippen LogP) is 3.91. The molecule has 20 heavy (non-hydrogen) atoms. The van der Waals surface area contributed by atoms with Crippen LogP contribution in [-0.2, 0) is 12.4 Å². The summed E-state index contributed by atoms with van der Waals surface area (Å²) < 4.78 is 76.9. The van der Waals surface area contributed by atoms with Gasteiger partial charge in [-0.15, -0.1) is 3.69 Å². The van der Waals surface area contributed by atoms with Crippen molar-refractivity contribution in [1.82, 2.24) is 4.98 Å². The molecule has 1 nitrogen and oxygen atoms in total. The lowest BCUT2D eigenvalue weighted by molar-refractivity contribution is -0.141. The number of nitrogens with zero attached hydrogens (tertiary/aromatic N) is 1. The van der Waals surface area contributed by atoms with E-state index in [1.165, 1.54) is 6.07 Å². The minimum Gasteiger partial charge on any atom is -0.296 e. The molecule has 0 saturated heterocycles. The van der Waals surface area contributed by atoms with Crippen molar-refractivity contribution in [2.24, 2.45) is 0 Å². The second kappa shape index (κ2) is 5.34. The molecule has 0 aliphatic carbocycles. The van der Waals surface area contributed by atoms with Crippen LogP contribution in [0, 0.1) is 0 Å². The highest BCUT2D eigenvalue weighted by Crippen LogP contribution is 2.35. The molecule has 1 aromatic heterocycles. The summed E-state index contributed by atoms with van der Waals surface area (Å²) in [7, 11) is 0. The number of halogens is 7. The lowest BCUT2D eigenvalue weighted by Gasteiger charge is -2.15. The van der Waals surface area contributed by atoms with E-state index in [1.807, 2.05) is 0 Å². The Morgan fingerprint density at radius 3 is 2.15 bits per heavy atom. The van der Waals surface area contributed by atoms with E-state index in [4.69, 9.17) is 0 Å². The van der Waals surface area contributed by atoms with Crippen LogP contribution in [0.4, 0.5) is 26.3 Å². The highest BCUT2D eigenvalue weighted by molar-refractivity contribution is 9.23. The Morgan fingerprint density at radius 1 is 1.00 bits per heavy atom. The highest BCUT2D eigenvalue weighted by Gasteiger charge is 2.37. The molecule has 2 aromatic rings. The van der Waals surface area contributed by atoms with Crippen molar-refractivity contribution in [2.45, 2.75) is 12.4 Å². The molecule has 0 fully saturated rings. The standard InChI is InChI=1S/C11H4F6N.BrH.Mg/c12-10(13,14)7-3-1-2-6-4-5-8(11(15,16)17)18-9(6)7;;/h1-4H;1H;/q;;+1/p-1. The first-order chi connectivity index (χ1) is 9.14. The first kappa shape index (κ1) is 15.8. The van der Waals surface area contributed by atoms with E-state index >= 15 is 0 Å². The van der Waals surface area contributed by atoms with E-state index in [0.717, 1.165) is 18.2 Å². The summed E-state index contributed by atoms with van der Waals surface area (Å²) in [5.74, 6) is 0. The van der Waals surface area contributed by atoms with Crippen LogP contribution < -0.4 is 3.69 Å². The lowest BCUT2D eigenvalue weighted by Crippen LogP contribution is -2.25. The Bertz CT molecular complexity index is 652. The van der Waals surface area contributed by atoms with Gasteiger partial charge in [-0.3, -0.25) is 12.9 Å². The molecule has 1 aromatic carbocycles. The molecule has 0 spiro atoms. The van der Waals surface area contributed by atoms with E-state index in [9.17, 15) is 26.3 Å². The maximum absolute atomic E-state index is 12.8. The zero-order chi connectivity index (χ0) is 15.1. The first-order valence-electron chi connectivity index (χ1n) is 5.27. The lowest BCUT2D eigenvalue weighted by atomic mass is 10.1. The summed E-state index contributed by atoms with van der Waals surface area (Å²) >= 11 is 1.62. The van der Waals surface area contributed by atoms with Gasteiger partial charge >= 0.3 is 30.5 Å². The molecule has 0 aliphatic rings. The van der Waals surface area contributed by atoms with Gasteiger partial charge in [-0.05, 0) is 11.5 Å². The van der Waals surface area contributed by atoms with Crippen LogP contribution in [0.15, 0.2) is 24.3 Å². The number of benzene rings is 1. The number of aromatic nitrogens is 1. The van der Waals surface area contributed by atoms with Gasteiger partial charge in [0.25, 0.3) is 0 Å². The molecular weight excluding hydrogens is 364 g/mol. The molecule has 104 valence electrons. The minimum absolute atomic E-state index is 0.0507. The quantitative estimate of drug-likeness (QED) is 0.549. The normalized spacial score (nSPS) is 12.6. The SMILES string of the molecule is FC(F)(F)c1nc2c(C(F)(F)F)cccc2c[c]1[Mg][Br]. The second-order valence-corrected chi connectivity index (χ2v) is 6.71. The van der Waals surface area contributed by atoms with E-state index in [1.54, 1.807) is 0 Å². The van der Waals surface area contributed by atoms with Gasteiger partial charge < -0.3 is 0 Å². The van der Waals surface area contributed by atoms with E-state index in [-0.39, 0.29) is 9.08 Å². The smallest absolute Gasteiger partial charge is 0.296 e. The van der Waals surface area contributed by atoms with Gasteiger partial charge in [-0.1, -0.05) is 18.2 Å². The van der Waals surface area contributed by atoms with Crippen molar-refractivity contribution >= 4 is 45.7 Å². The molecule has 9 heteroatoms.